The van der Waals surface area contributed by atoms with E-state index in [0.29, 0.717) is 16.8 Å². The van der Waals surface area contributed by atoms with Crippen molar-refractivity contribution in [2.45, 2.75) is 6.54 Å². The summed E-state index contributed by atoms with van der Waals surface area (Å²) in [5.41, 5.74) is 1.05. The maximum atomic E-state index is 13.5. The van der Waals surface area contributed by atoms with Gasteiger partial charge in [-0.25, -0.2) is 0 Å². The van der Waals surface area contributed by atoms with Crippen LogP contribution < -0.4 is 5.32 Å². The Balaban J connectivity index is 2.16. The Hall–Kier alpha value is -2.46. The molecule has 0 heterocycles. The summed E-state index contributed by atoms with van der Waals surface area (Å²) in [5.74, 6) is -0.879. The van der Waals surface area contributed by atoms with Crippen LogP contribution in [0.2, 0.25) is 0 Å². The van der Waals surface area contributed by atoms with Crippen LogP contribution in [0.1, 0.15) is 11.1 Å². The van der Waals surface area contributed by atoms with Crippen molar-refractivity contribution in [2.75, 3.05) is 5.32 Å². The van der Waals surface area contributed by atoms with Crippen molar-refractivity contribution < 1.29 is 9.31 Å². The van der Waals surface area contributed by atoms with Crippen LogP contribution in [0.25, 0.3) is 0 Å². The lowest BCUT2D eigenvalue weighted by molar-refractivity contribution is -0.387. The van der Waals surface area contributed by atoms with Gasteiger partial charge in [-0.3, -0.25) is 10.1 Å². The highest BCUT2D eigenvalue weighted by Gasteiger charge is 2.13. The van der Waals surface area contributed by atoms with Crippen LogP contribution in [0.4, 0.5) is 15.8 Å². The van der Waals surface area contributed by atoms with Crippen LogP contribution in [-0.2, 0) is 6.54 Å². The zero-order valence-corrected chi connectivity index (χ0v) is 12.2. The van der Waals surface area contributed by atoms with E-state index in [0.717, 1.165) is 16.6 Å². The second-order valence-corrected chi connectivity index (χ2v) is 5.11. The molecule has 106 valence electrons. The van der Waals surface area contributed by atoms with E-state index in [1.807, 2.05) is 0 Å². The van der Waals surface area contributed by atoms with Crippen molar-refractivity contribution in [3.05, 3.63) is 67.9 Å². The molecule has 0 spiro atoms. The van der Waals surface area contributed by atoms with E-state index in [1.54, 1.807) is 18.2 Å². The smallest absolute Gasteiger partial charge is 0.304 e. The highest BCUT2D eigenvalue weighted by molar-refractivity contribution is 9.10. The second kappa shape index (κ2) is 6.33. The normalized spacial score (nSPS) is 9.95. The molecule has 0 aliphatic rings. The minimum Gasteiger partial charge on any atom is -0.380 e. The first-order valence-electron chi connectivity index (χ1n) is 5.87. The molecule has 0 bridgehead atoms. The SMILES string of the molecule is N#Cc1cc(Br)ccc1NCc1ccc([N+](=O)[O-])c(F)c1. The molecule has 2 aromatic carbocycles. The molecule has 2 aromatic rings. The third-order valence-electron chi connectivity index (χ3n) is 2.79. The summed E-state index contributed by atoms with van der Waals surface area (Å²) in [7, 11) is 0. The Morgan fingerprint density at radius 3 is 2.71 bits per heavy atom. The number of hydrogen-bond acceptors (Lipinski definition) is 4. The predicted molar refractivity (Wildman–Crippen MR) is 79.2 cm³/mol. The van der Waals surface area contributed by atoms with Gasteiger partial charge < -0.3 is 5.32 Å². The summed E-state index contributed by atoms with van der Waals surface area (Å²) < 4.78 is 14.3. The van der Waals surface area contributed by atoms with Gasteiger partial charge in [-0.05, 0) is 29.8 Å². The summed E-state index contributed by atoms with van der Waals surface area (Å²) in [6, 6.07) is 10.9. The molecule has 21 heavy (non-hydrogen) atoms. The monoisotopic (exact) mass is 349 g/mol. The lowest BCUT2D eigenvalue weighted by atomic mass is 10.1. The zero-order chi connectivity index (χ0) is 15.4. The van der Waals surface area contributed by atoms with Crippen LogP contribution >= 0.6 is 15.9 Å². The molecule has 0 amide bonds. The first-order valence-corrected chi connectivity index (χ1v) is 6.67. The number of anilines is 1. The molecule has 0 saturated heterocycles. The molecule has 7 heteroatoms. The molecule has 0 saturated carbocycles. The average Bonchev–Trinajstić information content (AvgIpc) is 2.45. The third kappa shape index (κ3) is 3.55. The van der Waals surface area contributed by atoms with Crippen molar-refractivity contribution in [1.82, 2.24) is 0 Å². The second-order valence-electron chi connectivity index (χ2n) is 4.20. The fourth-order valence-electron chi connectivity index (χ4n) is 1.77. The summed E-state index contributed by atoms with van der Waals surface area (Å²) in [6.45, 7) is 0.255. The molecule has 0 atom stereocenters. The van der Waals surface area contributed by atoms with Gasteiger partial charge in [0.25, 0.3) is 0 Å². The highest BCUT2D eigenvalue weighted by atomic mass is 79.9. The molecule has 1 N–H and O–H groups in total. The molecule has 0 aliphatic carbocycles. The van der Waals surface area contributed by atoms with Crippen LogP contribution in [0, 0.1) is 27.3 Å². The van der Waals surface area contributed by atoms with Gasteiger partial charge in [0.15, 0.2) is 0 Å². The van der Waals surface area contributed by atoms with Gasteiger partial charge >= 0.3 is 5.69 Å². The standard InChI is InChI=1S/C14H9BrFN3O2/c15-11-2-3-13(10(6-11)7-17)18-8-9-1-4-14(19(20)21)12(16)5-9/h1-6,18H,8H2. The fourth-order valence-corrected chi connectivity index (χ4v) is 2.13. The Bertz CT molecular complexity index is 743. The summed E-state index contributed by atoms with van der Waals surface area (Å²) in [4.78, 5) is 9.77. The molecule has 2 rings (SSSR count). The Morgan fingerprint density at radius 1 is 1.33 bits per heavy atom. The van der Waals surface area contributed by atoms with E-state index in [-0.39, 0.29) is 6.54 Å². The predicted octanol–water partition coefficient (Wildman–Crippen LogP) is 3.98. The molecule has 0 radical (unpaired) electrons. The number of nitro groups is 1. The van der Waals surface area contributed by atoms with E-state index in [9.17, 15) is 14.5 Å². The molecule has 5 nitrogen and oxygen atoms in total. The molecular formula is C14H9BrFN3O2. The maximum Gasteiger partial charge on any atom is 0.304 e. The zero-order valence-electron chi connectivity index (χ0n) is 10.6. The fraction of sp³-hybridized carbons (Fsp3) is 0.0714. The number of rotatable bonds is 4. The lowest BCUT2D eigenvalue weighted by Crippen LogP contribution is -2.02. The van der Waals surface area contributed by atoms with Gasteiger partial charge in [-0.15, -0.1) is 0 Å². The average molecular weight is 350 g/mol. The van der Waals surface area contributed by atoms with Crippen molar-refractivity contribution in [3.63, 3.8) is 0 Å². The number of benzene rings is 2. The molecule has 0 unspecified atom stereocenters. The van der Waals surface area contributed by atoms with Gasteiger partial charge in [-0.2, -0.15) is 9.65 Å². The summed E-state index contributed by atoms with van der Waals surface area (Å²) in [6.07, 6.45) is 0. The quantitative estimate of drug-likeness (QED) is 0.668. The number of hydrogen-bond donors (Lipinski definition) is 1. The lowest BCUT2D eigenvalue weighted by Gasteiger charge is -2.08. The van der Waals surface area contributed by atoms with Gasteiger partial charge in [0.05, 0.1) is 16.2 Å². The van der Waals surface area contributed by atoms with E-state index in [4.69, 9.17) is 5.26 Å². The van der Waals surface area contributed by atoms with E-state index in [1.165, 1.54) is 6.07 Å². The number of nitrogens with one attached hydrogen (secondary N) is 1. The van der Waals surface area contributed by atoms with Crippen molar-refractivity contribution in [2.24, 2.45) is 0 Å². The first-order chi connectivity index (χ1) is 10.0. The summed E-state index contributed by atoms with van der Waals surface area (Å²) in [5, 5.41) is 22.6. The van der Waals surface area contributed by atoms with Gasteiger partial charge in [0.2, 0.25) is 5.82 Å². The van der Waals surface area contributed by atoms with Crippen molar-refractivity contribution >= 4 is 27.3 Å². The van der Waals surface area contributed by atoms with E-state index < -0.39 is 16.4 Å². The number of nitriles is 1. The topological polar surface area (TPSA) is 79.0 Å². The van der Waals surface area contributed by atoms with Crippen LogP contribution in [0.15, 0.2) is 40.9 Å². The van der Waals surface area contributed by atoms with Crippen LogP contribution in [0.3, 0.4) is 0 Å². The van der Waals surface area contributed by atoms with Crippen LogP contribution in [-0.4, -0.2) is 4.92 Å². The van der Waals surface area contributed by atoms with Crippen molar-refractivity contribution in [3.8, 4) is 6.07 Å². The highest BCUT2D eigenvalue weighted by Crippen LogP contribution is 2.22. The molecule has 0 aliphatic heterocycles. The minimum absolute atomic E-state index is 0.255. The van der Waals surface area contributed by atoms with Gasteiger partial charge in [0.1, 0.15) is 6.07 Å². The minimum atomic E-state index is -0.879. The van der Waals surface area contributed by atoms with Crippen molar-refractivity contribution in [1.29, 1.82) is 5.26 Å². The Kier molecular flexibility index (Phi) is 4.50. The molecule has 0 fully saturated rings. The first kappa shape index (κ1) is 14.9. The Labute approximate surface area is 128 Å². The van der Waals surface area contributed by atoms with E-state index in [2.05, 4.69) is 27.3 Å². The molecule has 0 aromatic heterocycles. The third-order valence-corrected chi connectivity index (χ3v) is 3.29. The maximum absolute atomic E-state index is 13.5. The Morgan fingerprint density at radius 2 is 2.10 bits per heavy atom. The van der Waals surface area contributed by atoms with Gasteiger partial charge in [0, 0.05) is 17.1 Å². The van der Waals surface area contributed by atoms with Gasteiger partial charge in [-0.1, -0.05) is 22.0 Å². The number of nitro benzene ring substituents is 1. The number of halogens is 2. The van der Waals surface area contributed by atoms with E-state index >= 15 is 0 Å². The number of nitrogens with zero attached hydrogens (tertiary/aromatic N) is 2. The molecular weight excluding hydrogens is 341 g/mol. The largest absolute Gasteiger partial charge is 0.380 e. The summed E-state index contributed by atoms with van der Waals surface area (Å²) >= 11 is 3.27. The van der Waals surface area contributed by atoms with Crippen LogP contribution in [0.5, 0.6) is 0 Å².